The third-order valence-corrected chi connectivity index (χ3v) is 9.84. The topological polar surface area (TPSA) is 90.8 Å². The van der Waals surface area contributed by atoms with Gasteiger partial charge in [-0.1, -0.05) is 68.5 Å². The molecule has 0 bridgehead atoms. The van der Waals surface area contributed by atoms with Gasteiger partial charge in [-0.2, -0.15) is 0 Å². The molecule has 8 nitrogen and oxygen atoms in total. The maximum Gasteiger partial charge on any atom is 0.263 e. The van der Waals surface area contributed by atoms with Gasteiger partial charge in [-0.05, 0) is 40.8 Å². The van der Waals surface area contributed by atoms with Crippen LogP contribution in [0.25, 0.3) is 0 Å². The van der Waals surface area contributed by atoms with E-state index in [0.717, 1.165) is 23.8 Å². The summed E-state index contributed by atoms with van der Waals surface area (Å²) in [5.74, 6) is -0.293. The zero-order chi connectivity index (χ0) is 31.6. The lowest BCUT2D eigenvalue weighted by Crippen LogP contribution is -2.48. The number of amides is 1. The van der Waals surface area contributed by atoms with E-state index in [1.807, 2.05) is 6.07 Å². The van der Waals surface area contributed by atoms with Crippen LogP contribution in [-0.2, 0) is 12.0 Å². The van der Waals surface area contributed by atoms with Crippen LogP contribution in [0.2, 0.25) is 0 Å². The summed E-state index contributed by atoms with van der Waals surface area (Å²) in [5, 5.41) is 13.9. The van der Waals surface area contributed by atoms with Gasteiger partial charge >= 0.3 is 0 Å². The smallest absolute Gasteiger partial charge is 0.263 e. The first-order valence-corrected chi connectivity index (χ1v) is 16.3. The summed E-state index contributed by atoms with van der Waals surface area (Å²) >= 11 is 1.33. The van der Waals surface area contributed by atoms with E-state index in [9.17, 15) is 9.90 Å². The van der Waals surface area contributed by atoms with Crippen LogP contribution in [0.5, 0.6) is 5.75 Å². The fraction of sp³-hybridized carbons (Fsp3) is 0.400. The molecule has 2 aromatic heterocycles. The molecule has 4 aromatic rings. The van der Waals surface area contributed by atoms with Crippen molar-refractivity contribution in [2.45, 2.75) is 63.7 Å². The first-order valence-electron chi connectivity index (χ1n) is 15.5. The first-order chi connectivity index (χ1) is 21.6. The quantitative estimate of drug-likeness (QED) is 0.249. The molecule has 1 unspecified atom stereocenters. The molecule has 1 atom stereocenters. The Morgan fingerprint density at radius 1 is 1.04 bits per heavy atom. The average Bonchev–Trinajstić information content (AvgIpc) is 3.48. The first kappa shape index (κ1) is 31.0. The lowest BCUT2D eigenvalue weighted by Gasteiger charge is -2.41. The van der Waals surface area contributed by atoms with Crippen molar-refractivity contribution in [3.05, 3.63) is 101 Å². The summed E-state index contributed by atoms with van der Waals surface area (Å²) in [6, 6.07) is 19.2. The lowest BCUT2D eigenvalue weighted by atomic mass is 9.86. The molecule has 4 heterocycles. The largest absolute Gasteiger partial charge is 0.482 e. The van der Waals surface area contributed by atoms with Gasteiger partial charge < -0.3 is 25.0 Å². The second-order valence-corrected chi connectivity index (χ2v) is 14.0. The molecular formula is C35H40FN5O3S. The minimum atomic E-state index is -0.889. The van der Waals surface area contributed by atoms with E-state index >= 15 is 4.39 Å². The van der Waals surface area contributed by atoms with E-state index in [1.165, 1.54) is 28.5 Å². The molecule has 0 aliphatic carbocycles. The van der Waals surface area contributed by atoms with Gasteiger partial charge in [0, 0.05) is 58.2 Å². The number of pyridine rings is 1. The number of aromatic nitrogens is 2. The Labute approximate surface area is 267 Å². The van der Waals surface area contributed by atoms with Crippen LogP contribution in [0.1, 0.15) is 72.6 Å². The third-order valence-electron chi connectivity index (χ3n) is 8.78. The van der Waals surface area contributed by atoms with Crippen molar-refractivity contribution in [1.29, 1.82) is 0 Å². The Morgan fingerprint density at radius 2 is 1.80 bits per heavy atom. The number of nitrogens with one attached hydrogen (secondary N) is 1. The third kappa shape index (κ3) is 6.97. The maximum absolute atomic E-state index is 15.3. The van der Waals surface area contributed by atoms with Crippen molar-refractivity contribution < 1.29 is 19.0 Å². The number of halogens is 1. The van der Waals surface area contributed by atoms with E-state index in [-0.39, 0.29) is 23.7 Å². The molecule has 1 amide bonds. The fourth-order valence-corrected chi connectivity index (χ4v) is 6.88. The Hall–Kier alpha value is -4.02. The van der Waals surface area contributed by atoms with Crippen LogP contribution in [0.15, 0.2) is 73.1 Å². The van der Waals surface area contributed by atoms with Gasteiger partial charge in [0.2, 0.25) is 0 Å². The zero-order valence-corrected chi connectivity index (χ0v) is 26.8. The average molecular weight is 630 g/mol. The number of carbonyl (C=O) groups excluding carboxylic acids is 1. The second-order valence-electron chi connectivity index (χ2n) is 13.0. The SMILES string of the molecule is CC(C)(C)c1ccc(CN2CCC3(CCN(c4ncc(C(=O)NCC(O)c5ccccn5)s4)CC3)Oc3c(F)cccc32)cc1. The normalized spacial score (nSPS) is 16.9. The number of aliphatic hydroxyl groups excluding tert-OH is 1. The minimum absolute atomic E-state index is 0.0595. The highest BCUT2D eigenvalue weighted by molar-refractivity contribution is 7.17. The predicted molar refractivity (Wildman–Crippen MR) is 176 cm³/mol. The standard InChI is InChI=1S/C35H40FN5O3S/c1-34(2,3)25-12-10-24(11-13-25)23-41-20-16-35(44-31-26(36)7-6-9-28(31)41)14-18-40(19-15-35)33-39-22-30(45-33)32(43)38-21-29(42)27-8-4-5-17-37-27/h4-13,17,22,29,42H,14-16,18-21,23H2,1-3H3,(H,38,43). The molecule has 2 aliphatic heterocycles. The van der Waals surface area contributed by atoms with Crippen LogP contribution < -0.4 is 19.9 Å². The van der Waals surface area contributed by atoms with Gasteiger partial charge in [-0.3, -0.25) is 9.78 Å². The van der Waals surface area contributed by atoms with Crippen LogP contribution in [0, 0.1) is 5.82 Å². The number of ether oxygens (including phenoxy) is 1. The van der Waals surface area contributed by atoms with Crippen LogP contribution in [-0.4, -0.2) is 52.8 Å². The molecule has 10 heteroatoms. The number of benzene rings is 2. The number of fused-ring (bicyclic) bond motifs is 1. The molecule has 6 rings (SSSR count). The molecule has 1 saturated heterocycles. The van der Waals surface area contributed by atoms with Crippen molar-refractivity contribution in [2.75, 3.05) is 36.0 Å². The number of piperidine rings is 1. The van der Waals surface area contributed by atoms with Crippen molar-refractivity contribution in [2.24, 2.45) is 0 Å². The summed E-state index contributed by atoms with van der Waals surface area (Å²) < 4.78 is 21.9. The fourth-order valence-electron chi connectivity index (χ4n) is 6.00. The minimum Gasteiger partial charge on any atom is -0.482 e. The maximum atomic E-state index is 15.3. The Balaban J connectivity index is 1.10. The number of aliphatic hydroxyl groups is 1. The van der Waals surface area contributed by atoms with E-state index in [1.54, 1.807) is 36.7 Å². The summed E-state index contributed by atoms with van der Waals surface area (Å²) in [6.07, 6.45) is 4.50. The van der Waals surface area contributed by atoms with E-state index in [0.29, 0.717) is 48.8 Å². The van der Waals surface area contributed by atoms with Gasteiger partial charge in [0.05, 0.1) is 17.6 Å². The lowest BCUT2D eigenvalue weighted by molar-refractivity contribution is 0.0375. The molecule has 2 N–H and O–H groups in total. The van der Waals surface area contributed by atoms with Gasteiger partial charge in [0.15, 0.2) is 16.7 Å². The summed E-state index contributed by atoms with van der Waals surface area (Å²) in [4.78, 5) is 26.3. The summed E-state index contributed by atoms with van der Waals surface area (Å²) in [7, 11) is 0. The number of hydrogen-bond acceptors (Lipinski definition) is 8. The highest BCUT2D eigenvalue weighted by Crippen LogP contribution is 2.43. The highest BCUT2D eigenvalue weighted by Gasteiger charge is 2.41. The summed E-state index contributed by atoms with van der Waals surface area (Å²) in [6.45, 7) is 9.49. The van der Waals surface area contributed by atoms with Gasteiger partial charge in [-0.15, -0.1) is 0 Å². The molecule has 0 radical (unpaired) electrons. The number of carbonyl (C=O) groups is 1. The zero-order valence-electron chi connectivity index (χ0n) is 26.0. The van der Waals surface area contributed by atoms with E-state index in [2.05, 4.69) is 70.1 Å². The van der Waals surface area contributed by atoms with Gasteiger partial charge in [0.25, 0.3) is 5.91 Å². The summed E-state index contributed by atoms with van der Waals surface area (Å²) in [5.41, 5.74) is 3.36. The van der Waals surface area contributed by atoms with Crippen molar-refractivity contribution in [1.82, 2.24) is 15.3 Å². The molecular weight excluding hydrogens is 589 g/mol. The van der Waals surface area contributed by atoms with Crippen LogP contribution >= 0.6 is 11.3 Å². The van der Waals surface area contributed by atoms with Gasteiger partial charge in [0.1, 0.15) is 16.6 Å². The molecule has 2 aromatic carbocycles. The predicted octanol–water partition coefficient (Wildman–Crippen LogP) is 6.27. The Kier molecular flexibility index (Phi) is 8.79. The van der Waals surface area contributed by atoms with Crippen molar-refractivity contribution >= 4 is 28.1 Å². The number of anilines is 2. The monoisotopic (exact) mass is 629 g/mol. The number of nitrogens with zero attached hydrogens (tertiary/aromatic N) is 4. The number of para-hydroxylation sites is 1. The molecule has 1 spiro atoms. The number of hydrogen-bond donors (Lipinski definition) is 2. The van der Waals surface area contributed by atoms with Gasteiger partial charge in [-0.25, -0.2) is 9.37 Å². The van der Waals surface area contributed by atoms with Crippen molar-refractivity contribution in [3.63, 3.8) is 0 Å². The van der Waals surface area contributed by atoms with Crippen LogP contribution in [0.3, 0.4) is 0 Å². The Bertz CT molecular complexity index is 1610. The molecule has 45 heavy (non-hydrogen) atoms. The van der Waals surface area contributed by atoms with E-state index < -0.39 is 11.7 Å². The Morgan fingerprint density at radius 3 is 2.51 bits per heavy atom. The van der Waals surface area contributed by atoms with E-state index in [4.69, 9.17) is 4.74 Å². The molecule has 1 fully saturated rings. The second kappa shape index (κ2) is 12.8. The number of thiazole rings is 1. The number of rotatable bonds is 7. The molecule has 2 aliphatic rings. The van der Waals surface area contributed by atoms with Crippen molar-refractivity contribution in [3.8, 4) is 5.75 Å². The highest BCUT2D eigenvalue weighted by atomic mass is 32.1. The van der Waals surface area contributed by atoms with Crippen LogP contribution in [0.4, 0.5) is 15.2 Å². The molecule has 0 saturated carbocycles. The molecule has 236 valence electrons.